The van der Waals surface area contributed by atoms with Crippen LogP contribution in [0.2, 0.25) is 0 Å². The number of hydrogen-bond donors (Lipinski definition) is 1. The van der Waals surface area contributed by atoms with Gasteiger partial charge in [-0.1, -0.05) is 13.8 Å². The van der Waals surface area contributed by atoms with Crippen LogP contribution in [-0.2, 0) is 0 Å². The van der Waals surface area contributed by atoms with Crippen molar-refractivity contribution in [3.8, 4) is 5.75 Å². The minimum atomic E-state index is -1.15. The van der Waals surface area contributed by atoms with Gasteiger partial charge in [0.15, 0.2) is 11.6 Å². The molecule has 0 aliphatic heterocycles. The molecule has 0 saturated heterocycles. The zero-order valence-corrected chi connectivity index (χ0v) is 10.4. The summed E-state index contributed by atoms with van der Waals surface area (Å²) in [6.45, 7) is 3.48. The molecule has 7 heteroatoms. The number of aliphatic hydroxyl groups excluding tert-OH is 1. The molecule has 104 valence electrons. The molecule has 0 aromatic heterocycles. The lowest BCUT2D eigenvalue weighted by Gasteiger charge is -2.48. The Labute approximate surface area is 108 Å². The van der Waals surface area contributed by atoms with E-state index in [4.69, 9.17) is 4.74 Å². The molecule has 1 saturated carbocycles. The van der Waals surface area contributed by atoms with Gasteiger partial charge in [0.2, 0.25) is 5.82 Å². The average Bonchev–Trinajstić information content (AvgIpc) is 2.32. The summed E-state index contributed by atoms with van der Waals surface area (Å²) in [6.07, 6.45) is -0.716. The van der Waals surface area contributed by atoms with Crippen molar-refractivity contribution in [1.82, 2.24) is 0 Å². The first kappa shape index (κ1) is 13.7. The van der Waals surface area contributed by atoms with Gasteiger partial charge in [-0.2, -0.15) is 4.39 Å². The van der Waals surface area contributed by atoms with Gasteiger partial charge < -0.3 is 9.84 Å². The second-order valence-electron chi connectivity index (χ2n) is 5.17. The molecule has 0 bridgehead atoms. The van der Waals surface area contributed by atoms with Crippen molar-refractivity contribution < 1.29 is 23.5 Å². The van der Waals surface area contributed by atoms with E-state index in [2.05, 4.69) is 0 Å². The van der Waals surface area contributed by atoms with Crippen LogP contribution in [0.4, 0.5) is 14.5 Å². The van der Waals surface area contributed by atoms with Crippen LogP contribution in [0.5, 0.6) is 5.75 Å². The number of benzene rings is 1. The van der Waals surface area contributed by atoms with Crippen molar-refractivity contribution in [2.75, 3.05) is 0 Å². The summed E-state index contributed by atoms with van der Waals surface area (Å²) in [4.78, 5) is 9.45. The highest BCUT2D eigenvalue weighted by atomic mass is 19.1. The number of rotatable bonds is 3. The van der Waals surface area contributed by atoms with Crippen LogP contribution in [0, 0.1) is 27.2 Å². The second kappa shape index (κ2) is 4.41. The van der Waals surface area contributed by atoms with Crippen LogP contribution >= 0.6 is 0 Å². The van der Waals surface area contributed by atoms with Crippen molar-refractivity contribution in [2.24, 2.45) is 5.41 Å². The van der Waals surface area contributed by atoms with Crippen molar-refractivity contribution in [1.29, 1.82) is 0 Å². The number of halogens is 2. The SMILES string of the molecule is CC1(C)C(O)CC1Oc1cc(F)c([N+](=O)[O-])cc1F. The van der Waals surface area contributed by atoms with E-state index in [-0.39, 0.29) is 5.75 Å². The fourth-order valence-electron chi connectivity index (χ4n) is 1.97. The highest BCUT2D eigenvalue weighted by Crippen LogP contribution is 2.43. The summed E-state index contributed by atoms with van der Waals surface area (Å²) >= 11 is 0. The van der Waals surface area contributed by atoms with E-state index in [1.807, 2.05) is 0 Å². The van der Waals surface area contributed by atoms with Gasteiger partial charge in [0.05, 0.1) is 17.1 Å². The van der Waals surface area contributed by atoms with Crippen molar-refractivity contribution in [3.05, 3.63) is 33.9 Å². The van der Waals surface area contributed by atoms with E-state index in [1.165, 1.54) is 0 Å². The molecule has 19 heavy (non-hydrogen) atoms. The minimum Gasteiger partial charge on any atom is -0.486 e. The van der Waals surface area contributed by atoms with Crippen LogP contribution in [0.1, 0.15) is 20.3 Å². The van der Waals surface area contributed by atoms with Crippen LogP contribution in [0.15, 0.2) is 12.1 Å². The molecule has 0 radical (unpaired) electrons. The normalized spacial score (nSPS) is 24.7. The van der Waals surface area contributed by atoms with Crippen LogP contribution in [-0.4, -0.2) is 22.2 Å². The standard InChI is InChI=1S/C12H13F2NO4/c1-12(2)10(16)5-11(12)19-9-4-6(13)8(15(17)18)3-7(9)14/h3-4,10-11,16H,5H2,1-2H3. The zero-order chi connectivity index (χ0) is 14.4. The number of nitrogens with zero attached hydrogens (tertiary/aromatic N) is 1. The molecule has 1 fully saturated rings. The van der Waals surface area contributed by atoms with E-state index < -0.39 is 39.9 Å². The van der Waals surface area contributed by atoms with Crippen LogP contribution in [0.3, 0.4) is 0 Å². The van der Waals surface area contributed by atoms with Gasteiger partial charge in [-0.25, -0.2) is 4.39 Å². The second-order valence-corrected chi connectivity index (χ2v) is 5.17. The lowest BCUT2D eigenvalue weighted by Crippen LogP contribution is -2.56. The molecule has 1 aromatic rings. The highest BCUT2D eigenvalue weighted by Gasteiger charge is 2.49. The molecule has 5 nitrogen and oxygen atoms in total. The van der Waals surface area contributed by atoms with Crippen molar-refractivity contribution >= 4 is 5.69 Å². The smallest absolute Gasteiger partial charge is 0.307 e. The summed E-state index contributed by atoms with van der Waals surface area (Å²) in [6, 6.07) is 1.15. The molecule has 2 unspecified atom stereocenters. The Morgan fingerprint density at radius 1 is 1.42 bits per heavy atom. The number of nitro groups is 1. The summed E-state index contributed by atoms with van der Waals surface area (Å²) < 4.78 is 32.3. The first-order chi connectivity index (χ1) is 8.73. The Kier molecular flexibility index (Phi) is 3.17. The molecule has 0 amide bonds. The molecule has 2 rings (SSSR count). The molecular formula is C12H13F2NO4. The number of nitro benzene ring substituents is 1. The van der Waals surface area contributed by atoms with Gasteiger partial charge in [0.25, 0.3) is 0 Å². The Balaban J connectivity index is 2.23. The molecule has 1 aromatic carbocycles. The summed E-state index contributed by atoms with van der Waals surface area (Å²) in [7, 11) is 0. The Morgan fingerprint density at radius 2 is 2.05 bits per heavy atom. The third-order valence-electron chi connectivity index (χ3n) is 3.59. The maximum atomic E-state index is 13.6. The quantitative estimate of drug-likeness (QED) is 0.678. The van der Waals surface area contributed by atoms with E-state index in [0.717, 1.165) is 0 Å². The van der Waals surface area contributed by atoms with Gasteiger partial charge >= 0.3 is 5.69 Å². The Bertz CT molecular complexity index is 533. The predicted molar refractivity (Wildman–Crippen MR) is 61.8 cm³/mol. The number of hydrogen-bond acceptors (Lipinski definition) is 4. The first-order valence-corrected chi connectivity index (χ1v) is 5.71. The van der Waals surface area contributed by atoms with Crippen molar-refractivity contribution in [3.63, 3.8) is 0 Å². The largest absolute Gasteiger partial charge is 0.486 e. The fourth-order valence-corrected chi connectivity index (χ4v) is 1.97. The molecule has 0 heterocycles. The minimum absolute atomic E-state index is 0.311. The molecule has 2 atom stereocenters. The van der Waals surface area contributed by atoms with E-state index in [1.54, 1.807) is 13.8 Å². The predicted octanol–water partition coefficient (Wildman–Crippen LogP) is 2.41. The van der Waals surface area contributed by atoms with Gasteiger partial charge in [-0.05, 0) is 0 Å². The molecule has 0 spiro atoms. The monoisotopic (exact) mass is 273 g/mol. The van der Waals surface area contributed by atoms with Gasteiger partial charge in [-0.15, -0.1) is 0 Å². The topological polar surface area (TPSA) is 72.6 Å². The summed E-state index contributed by atoms with van der Waals surface area (Å²) in [5, 5.41) is 20.0. The maximum Gasteiger partial charge on any atom is 0.307 e. The Hall–Kier alpha value is -1.76. The van der Waals surface area contributed by atoms with Gasteiger partial charge in [-0.3, -0.25) is 10.1 Å². The number of ether oxygens (including phenoxy) is 1. The third kappa shape index (κ3) is 2.25. The van der Waals surface area contributed by atoms with E-state index in [0.29, 0.717) is 18.6 Å². The van der Waals surface area contributed by atoms with E-state index >= 15 is 0 Å². The molecule has 1 aliphatic carbocycles. The van der Waals surface area contributed by atoms with Crippen LogP contribution < -0.4 is 4.74 Å². The highest BCUT2D eigenvalue weighted by molar-refractivity contribution is 5.39. The maximum absolute atomic E-state index is 13.6. The fraction of sp³-hybridized carbons (Fsp3) is 0.500. The van der Waals surface area contributed by atoms with Gasteiger partial charge in [0.1, 0.15) is 6.10 Å². The van der Waals surface area contributed by atoms with Crippen molar-refractivity contribution in [2.45, 2.75) is 32.5 Å². The lowest BCUT2D eigenvalue weighted by atomic mass is 9.66. The summed E-state index contributed by atoms with van der Waals surface area (Å²) in [5.74, 6) is -2.53. The average molecular weight is 273 g/mol. The lowest BCUT2D eigenvalue weighted by molar-refractivity contribution is -0.387. The third-order valence-corrected chi connectivity index (χ3v) is 3.59. The summed E-state index contributed by atoms with van der Waals surface area (Å²) in [5.41, 5.74) is -1.50. The number of aliphatic hydroxyl groups is 1. The van der Waals surface area contributed by atoms with Gasteiger partial charge in [0, 0.05) is 17.9 Å². The zero-order valence-electron chi connectivity index (χ0n) is 10.4. The van der Waals surface area contributed by atoms with Crippen LogP contribution in [0.25, 0.3) is 0 Å². The first-order valence-electron chi connectivity index (χ1n) is 5.71. The molecule has 1 aliphatic rings. The molecule has 1 N–H and O–H groups in total. The molecular weight excluding hydrogens is 260 g/mol. The van der Waals surface area contributed by atoms with E-state index in [9.17, 15) is 24.0 Å². The Morgan fingerprint density at radius 3 is 2.53 bits per heavy atom.